The predicted octanol–water partition coefficient (Wildman–Crippen LogP) is 3.22. The molecule has 0 spiro atoms. The second-order valence-corrected chi connectivity index (χ2v) is 7.37. The molecule has 25 heavy (non-hydrogen) atoms. The maximum Gasteiger partial charge on any atom is 0.119 e. The van der Waals surface area contributed by atoms with Crippen LogP contribution in [0.5, 0.6) is 11.5 Å². The van der Waals surface area contributed by atoms with E-state index in [1.165, 1.54) is 0 Å². The van der Waals surface area contributed by atoms with Crippen molar-refractivity contribution in [1.82, 2.24) is 4.90 Å². The maximum absolute atomic E-state index is 10.4. The number of aromatic hydroxyl groups is 1. The molecule has 2 N–H and O–H groups in total. The fourth-order valence-electron chi connectivity index (χ4n) is 4.32. The molecule has 2 aromatic rings. The van der Waals surface area contributed by atoms with Gasteiger partial charge in [-0.2, -0.15) is 0 Å². The fourth-order valence-corrected chi connectivity index (χ4v) is 4.32. The Balaban J connectivity index is 1.28. The van der Waals surface area contributed by atoms with E-state index in [0.29, 0.717) is 24.5 Å². The molecule has 4 heteroatoms. The van der Waals surface area contributed by atoms with E-state index in [1.54, 1.807) is 24.3 Å². The number of phenols is 1. The lowest BCUT2D eigenvalue weighted by Gasteiger charge is -2.22. The highest BCUT2D eigenvalue weighted by atomic mass is 16.5. The molecule has 4 rings (SSSR count). The summed E-state index contributed by atoms with van der Waals surface area (Å²) in [7, 11) is 0. The van der Waals surface area contributed by atoms with Gasteiger partial charge in [-0.1, -0.05) is 30.3 Å². The van der Waals surface area contributed by atoms with Gasteiger partial charge in [-0.25, -0.2) is 0 Å². The van der Waals surface area contributed by atoms with Crippen LogP contribution in [-0.2, 0) is 0 Å². The number of hydrogen-bond donors (Lipinski definition) is 2. The summed E-state index contributed by atoms with van der Waals surface area (Å²) in [6, 6.07) is 16.9. The molecule has 1 heterocycles. The maximum atomic E-state index is 10.4. The lowest BCUT2D eigenvalue weighted by atomic mass is 10.0. The fraction of sp³-hybridized carbons (Fsp3) is 0.429. The Labute approximate surface area is 148 Å². The first kappa shape index (κ1) is 16.4. The van der Waals surface area contributed by atoms with E-state index in [4.69, 9.17) is 4.74 Å². The monoisotopic (exact) mass is 339 g/mol. The summed E-state index contributed by atoms with van der Waals surface area (Å²) in [4.78, 5) is 2.37. The largest absolute Gasteiger partial charge is 0.508 e. The third-order valence-corrected chi connectivity index (χ3v) is 5.54. The van der Waals surface area contributed by atoms with Gasteiger partial charge in [-0.3, -0.25) is 4.90 Å². The van der Waals surface area contributed by atoms with E-state index < -0.39 is 6.10 Å². The number of β-amino-alcohol motifs (C(OH)–C–C–N with tert-alkyl or cyclic N) is 1. The Morgan fingerprint density at radius 1 is 0.960 bits per heavy atom. The number of aliphatic hydroxyl groups excluding tert-OH is 1. The Bertz CT molecular complexity index is 674. The van der Waals surface area contributed by atoms with Crippen LogP contribution < -0.4 is 4.74 Å². The minimum atomic E-state index is -0.504. The summed E-state index contributed by atoms with van der Waals surface area (Å²) in [5, 5.41) is 19.8. The molecule has 132 valence electrons. The highest BCUT2D eigenvalue weighted by Crippen LogP contribution is 2.40. The van der Waals surface area contributed by atoms with Gasteiger partial charge in [0, 0.05) is 19.6 Å². The standard InChI is InChI=1S/C21H25NO3/c23-18-8-6-15(7-9-18)21(24)14-22-12-16-10-20(11-17(16)13-22)25-19-4-2-1-3-5-19/h1-9,16-17,20-21,23-24H,10-14H2/t16-,17+,20+,21?. The van der Waals surface area contributed by atoms with Crippen LogP contribution in [0.25, 0.3) is 0 Å². The predicted molar refractivity (Wildman–Crippen MR) is 96.6 cm³/mol. The zero-order valence-electron chi connectivity index (χ0n) is 14.3. The number of rotatable bonds is 5. The van der Waals surface area contributed by atoms with Crippen LogP contribution in [0.15, 0.2) is 54.6 Å². The van der Waals surface area contributed by atoms with Crippen molar-refractivity contribution in [3.05, 3.63) is 60.2 Å². The highest BCUT2D eigenvalue weighted by molar-refractivity contribution is 5.27. The third kappa shape index (κ3) is 3.80. The van der Waals surface area contributed by atoms with Gasteiger partial charge in [0.15, 0.2) is 0 Å². The number of aliphatic hydroxyl groups is 1. The minimum Gasteiger partial charge on any atom is -0.508 e. The quantitative estimate of drug-likeness (QED) is 0.878. The second-order valence-electron chi connectivity index (χ2n) is 7.37. The van der Waals surface area contributed by atoms with Crippen molar-refractivity contribution >= 4 is 0 Å². The molecule has 1 saturated heterocycles. The molecule has 0 aromatic heterocycles. The Hall–Kier alpha value is -2.04. The van der Waals surface area contributed by atoms with Crippen LogP contribution in [0.3, 0.4) is 0 Å². The van der Waals surface area contributed by atoms with Crippen molar-refractivity contribution in [2.45, 2.75) is 25.0 Å². The van der Waals surface area contributed by atoms with Crippen LogP contribution in [0, 0.1) is 11.8 Å². The number of benzene rings is 2. The van der Waals surface area contributed by atoms with E-state index in [-0.39, 0.29) is 5.75 Å². The van der Waals surface area contributed by atoms with Crippen LogP contribution in [-0.4, -0.2) is 40.9 Å². The number of phenolic OH excluding ortho intramolecular Hbond substituents is 1. The molecule has 1 saturated carbocycles. The lowest BCUT2D eigenvalue weighted by molar-refractivity contribution is 0.116. The van der Waals surface area contributed by atoms with E-state index in [9.17, 15) is 10.2 Å². The van der Waals surface area contributed by atoms with Crippen molar-refractivity contribution in [2.24, 2.45) is 11.8 Å². The van der Waals surface area contributed by atoms with E-state index in [1.807, 2.05) is 30.3 Å². The van der Waals surface area contributed by atoms with Crippen LogP contribution in [0.4, 0.5) is 0 Å². The zero-order valence-corrected chi connectivity index (χ0v) is 14.3. The van der Waals surface area contributed by atoms with Gasteiger partial charge in [0.05, 0.1) is 12.2 Å². The minimum absolute atomic E-state index is 0.233. The molecular weight excluding hydrogens is 314 g/mol. The van der Waals surface area contributed by atoms with Crippen LogP contribution >= 0.6 is 0 Å². The van der Waals surface area contributed by atoms with Crippen molar-refractivity contribution in [1.29, 1.82) is 0 Å². The zero-order chi connectivity index (χ0) is 17.2. The highest BCUT2D eigenvalue weighted by Gasteiger charge is 2.42. The Kier molecular flexibility index (Phi) is 4.64. The number of para-hydroxylation sites is 1. The van der Waals surface area contributed by atoms with E-state index in [0.717, 1.165) is 37.2 Å². The molecule has 1 aliphatic carbocycles. The molecule has 0 bridgehead atoms. The molecule has 4 nitrogen and oxygen atoms in total. The summed E-state index contributed by atoms with van der Waals surface area (Å²) >= 11 is 0. The molecule has 1 aliphatic heterocycles. The summed E-state index contributed by atoms with van der Waals surface area (Å²) in [6.07, 6.45) is 2.02. The summed E-state index contributed by atoms with van der Waals surface area (Å²) < 4.78 is 6.12. The van der Waals surface area contributed by atoms with Gasteiger partial charge in [-0.15, -0.1) is 0 Å². The average molecular weight is 339 g/mol. The van der Waals surface area contributed by atoms with E-state index in [2.05, 4.69) is 4.90 Å². The summed E-state index contributed by atoms with van der Waals surface area (Å²) in [5.74, 6) is 2.53. The summed E-state index contributed by atoms with van der Waals surface area (Å²) in [5.41, 5.74) is 0.861. The molecule has 1 unspecified atom stereocenters. The summed E-state index contributed by atoms with van der Waals surface area (Å²) in [6.45, 7) is 2.73. The molecule has 2 fully saturated rings. The lowest BCUT2D eigenvalue weighted by Crippen LogP contribution is -2.28. The Morgan fingerprint density at radius 3 is 2.24 bits per heavy atom. The molecule has 0 amide bonds. The van der Waals surface area contributed by atoms with Crippen LogP contribution in [0.2, 0.25) is 0 Å². The van der Waals surface area contributed by atoms with Gasteiger partial charge in [0.2, 0.25) is 0 Å². The molecule has 2 aliphatic rings. The smallest absolute Gasteiger partial charge is 0.119 e. The number of hydrogen-bond acceptors (Lipinski definition) is 4. The number of ether oxygens (including phenoxy) is 1. The molecular formula is C21H25NO3. The molecule has 4 atom stereocenters. The van der Waals surface area contributed by atoms with Gasteiger partial charge < -0.3 is 14.9 Å². The van der Waals surface area contributed by atoms with Gasteiger partial charge in [0.25, 0.3) is 0 Å². The first-order valence-electron chi connectivity index (χ1n) is 9.08. The van der Waals surface area contributed by atoms with Gasteiger partial charge >= 0.3 is 0 Å². The van der Waals surface area contributed by atoms with E-state index >= 15 is 0 Å². The van der Waals surface area contributed by atoms with Crippen molar-refractivity contribution in [2.75, 3.05) is 19.6 Å². The normalized spacial score (nSPS) is 27.2. The second kappa shape index (κ2) is 7.06. The van der Waals surface area contributed by atoms with Gasteiger partial charge in [-0.05, 0) is 54.5 Å². The SMILES string of the molecule is Oc1ccc(C(O)CN2C[C@H]3C[C@H](Oc4ccccc4)C[C@H]3C2)cc1. The number of nitrogens with zero attached hydrogens (tertiary/aromatic N) is 1. The number of fused-ring (bicyclic) bond motifs is 1. The Morgan fingerprint density at radius 2 is 1.60 bits per heavy atom. The van der Waals surface area contributed by atoms with Crippen LogP contribution in [0.1, 0.15) is 24.5 Å². The molecule has 0 radical (unpaired) electrons. The average Bonchev–Trinajstić information content (AvgIpc) is 3.14. The van der Waals surface area contributed by atoms with Crippen molar-refractivity contribution < 1.29 is 14.9 Å². The first-order valence-corrected chi connectivity index (χ1v) is 9.08. The number of likely N-dealkylation sites (tertiary alicyclic amines) is 1. The van der Waals surface area contributed by atoms with Crippen molar-refractivity contribution in [3.8, 4) is 11.5 Å². The topological polar surface area (TPSA) is 52.9 Å². The molecule has 2 aromatic carbocycles. The third-order valence-electron chi connectivity index (χ3n) is 5.54. The van der Waals surface area contributed by atoms with Crippen molar-refractivity contribution in [3.63, 3.8) is 0 Å². The first-order chi connectivity index (χ1) is 12.2. The van der Waals surface area contributed by atoms with Gasteiger partial charge in [0.1, 0.15) is 11.5 Å².